The third-order valence-electron chi connectivity index (χ3n) is 5.29. The van der Waals surface area contributed by atoms with Gasteiger partial charge in [-0.3, -0.25) is 9.36 Å². The van der Waals surface area contributed by atoms with Crippen LogP contribution < -0.4 is 15.0 Å². The molecular formula is C21H25N5O2S. The molecule has 1 fully saturated rings. The number of rotatable bonds is 5. The number of aryl methyl sites for hydroxylation is 2. The van der Waals surface area contributed by atoms with E-state index in [-0.39, 0.29) is 11.8 Å². The van der Waals surface area contributed by atoms with E-state index in [1.54, 1.807) is 18.4 Å². The van der Waals surface area contributed by atoms with E-state index in [4.69, 9.17) is 4.74 Å². The summed E-state index contributed by atoms with van der Waals surface area (Å²) in [5.41, 5.74) is 2.98. The van der Waals surface area contributed by atoms with Crippen LogP contribution in [-0.2, 0) is 4.79 Å². The molecule has 8 heteroatoms. The summed E-state index contributed by atoms with van der Waals surface area (Å²) in [6.45, 7) is 5.65. The summed E-state index contributed by atoms with van der Waals surface area (Å²) in [5, 5.41) is 13.5. The fourth-order valence-corrected chi connectivity index (χ4v) is 4.74. The number of ether oxygens (including phenoxy) is 1. The van der Waals surface area contributed by atoms with Crippen LogP contribution in [0.25, 0.3) is 5.13 Å². The van der Waals surface area contributed by atoms with Crippen molar-refractivity contribution < 1.29 is 9.53 Å². The quantitative estimate of drug-likeness (QED) is 0.691. The summed E-state index contributed by atoms with van der Waals surface area (Å²) in [4.78, 5) is 15.0. The Morgan fingerprint density at radius 2 is 1.86 bits per heavy atom. The van der Waals surface area contributed by atoms with Gasteiger partial charge in [-0.1, -0.05) is 23.5 Å². The predicted octanol–water partition coefficient (Wildman–Crippen LogP) is 3.81. The summed E-state index contributed by atoms with van der Waals surface area (Å²) >= 11 is 1.56. The summed E-state index contributed by atoms with van der Waals surface area (Å²) in [7, 11) is 1.61. The number of nitrogens with one attached hydrogen (secondary N) is 1. The lowest BCUT2D eigenvalue weighted by atomic mass is 9.97. The molecule has 1 amide bonds. The van der Waals surface area contributed by atoms with Gasteiger partial charge in [-0.2, -0.15) is 0 Å². The van der Waals surface area contributed by atoms with Crippen molar-refractivity contribution in [3.8, 4) is 10.9 Å². The molecule has 1 unspecified atom stereocenters. The lowest BCUT2D eigenvalue weighted by Crippen LogP contribution is -2.40. The molecule has 1 aliphatic rings. The zero-order valence-corrected chi connectivity index (χ0v) is 17.7. The first-order chi connectivity index (χ1) is 14.1. The van der Waals surface area contributed by atoms with Crippen LogP contribution in [0.2, 0.25) is 0 Å². The molecule has 0 radical (unpaired) electrons. The fourth-order valence-electron chi connectivity index (χ4n) is 3.74. The number of benzene rings is 1. The number of anilines is 2. The zero-order chi connectivity index (χ0) is 20.4. The first kappa shape index (κ1) is 19.4. The highest BCUT2D eigenvalue weighted by atomic mass is 32.1. The van der Waals surface area contributed by atoms with Gasteiger partial charge in [0.05, 0.1) is 18.7 Å². The van der Waals surface area contributed by atoms with Crippen molar-refractivity contribution in [3.05, 3.63) is 47.8 Å². The van der Waals surface area contributed by atoms with E-state index in [0.717, 1.165) is 41.0 Å². The number of methoxy groups -OCH3 is 1. The Morgan fingerprint density at radius 3 is 2.62 bits per heavy atom. The predicted molar refractivity (Wildman–Crippen MR) is 115 cm³/mol. The van der Waals surface area contributed by atoms with E-state index >= 15 is 0 Å². The van der Waals surface area contributed by atoms with Crippen LogP contribution in [0.5, 0.6) is 5.75 Å². The van der Waals surface area contributed by atoms with E-state index in [1.165, 1.54) is 0 Å². The molecule has 4 rings (SSSR count). The summed E-state index contributed by atoms with van der Waals surface area (Å²) in [6, 6.07) is 11.6. The topological polar surface area (TPSA) is 72.3 Å². The van der Waals surface area contributed by atoms with Crippen LogP contribution in [0.3, 0.4) is 0 Å². The molecule has 1 aromatic carbocycles. The highest BCUT2D eigenvalue weighted by Crippen LogP contribution is 2.30. The number of nitrogens with zero attached hydrogens (tertiary/aromatic N) is 4. The number of carbonyl (C=O) groups excluding carboxylic acids is 1. The average molecular weight is 412 g/mol. The molecule has 0 aliphatic carbocycles. The van der Waals surface area contributed by atoms with E-state index in [1.807, 2.05) is 24.3 Å². The van der Waals surface area contributed by atoms with E-state index in [0.29, 0.717) is 18.0 Å². The van der Waals surface area contributed by atoms with Gasteiger partial charge >= 0.3 is 0 Å². The number of hydrogen-bond donors (Lipinski definition) is 1. The van der Waals surface area contributed by atoms with Crippen molar-refractivity contribution in [2.45, 2.75) is 26.7 Å². The number of amides is 1. The second-order valence-corrected chi connectivity index (χ2v) is 8.23. The Labute approximate surface area is 174 Å². The number of carbonyl (C=O) groups is 1. The van der Waals surface area contributed by atoms with Crippen molar-refractivity contribution in [3.63, 3.8) is 0 Å². The highest BCUT2D eigenvalue weighted by Gasteiger charge is 2.28. The van der Waals surface area contributed by atoms with Gasteiger partial charge in [-0.25, -0.2) is 0 Å². The van der Waals surface area contributed by atoms with E-state index in [2.05, 4.69) is 51.0 Å². The van der Waals surface area contributed by atoms with Gasteiger partial charge in [-0.05, 0) is 51.0 Å². The third-order valence-corrected chi connectivity index (χ3v) is 6.26. The summed E-state index contributed by atoms with van der Waals surface area (Å²) in [6.07, 6.45) is 1.81. The van der Waals surface area contributed by atoms with Crippen molar-refractivity contribution in [2.75, 3.05) is 30.4 Å². The molecule has 1 N–H and O–H groups in total. The molecule has 3 aromatic rings. The number of hydrogen-bond acceptors (Lipinski definition) is 6. The Kier molecular flexibility index (Phi) is 5.53. The molecule has 0 bridgehead atoms. The second kappa shape index (κ2) is 8.24. The first-order valence-corrected chi connectivity index (χ1v) is 10.6. The van der Waals surface area contributed by atoms with Gasteiger partial charge < -0.3 is 15.0 Å². The van der Waals surface area contributed by atoms with Crippen molar-refractivity contribution in [1.29, 1.82) is 0 Å². The second-order valence-electron chi connectivity index (χ2n) is 7.29. The minimum absolute atomic E-state index is 0.0148. The largest absolute Gasteiger partial charge is 0.495 e. The van der Waals surface area contributed by atoms with Crippen LogP contribution in [-0.4, -0.2) is 40.9 Å². The SMILES string of the molecule is COc1ccccc1NC(=O)C1CCCN(c2nnc(-n3c(C)ccc3C)s2)C1. The monoisotopic (exact) mass is 411 g/mol. The molecule has 1 saturated heterocycles. The molecule has 152 valence electrons. The van der Waals surface area contributed by atoms with Crippen LogP contribution in [0, 0.1) is 19.8 Å². The molecule has 29 heavy (non-hydrogen) atoms. The van der Waals surface area contributed by atoms with Crippen molar-refractivity contribution >= 4 is 28.1 Å². The lowest BCUT2D eigenvalue weighted by Gasteiger charge is -2.31. The van der Waals surface area contributed by atoms with Gasteiger partial charge in [-0.15, -0.1) is 10.2 Å². The maximum atomic E-state index is 12.9. The maximum absolute atomic E-state index is 12.9. The lowest BCUT2D eigenvalue weighted by molar-refractivity contribution is -0.120. The van der Waals surface area contributed by atoms with Gasteiger partial charge in [0.15, 0.2) is 0 Å². The maximum Gasteiger partial charge on any atom is 0.229 e. The number of piperidine rings is 1. The van der Waals surface area contributed by atoms with Crippen molar-refractivity contribution in [2.24, 2.45) is 5.92 Å². The normalized spacial score (nSPS) is 16.7. The summed E-state index contributed by atoms with van der Waals surface area (Å²) < 4.78 is 7.45. The summed E-state index contributed by atoms with van der Waals surface area (Å²) in [5.74, 6) is 0.580. The molecule has 1 atom stereocenters. The Hall–Kier alpha value is -2.87. The van der Waals surface area contributed by atoms with Crippen LogP contribution >= 0.6 is 11.3 Å². The molecule has 2 aromatic heterocycles. The van der Waals surface area contributed by atoms with Crippen LogP contribution in [0.4, 0.5) is 10.8 Å². The standard InChI is InChI=1S/C21H25N5O2S/c1-14-10-11-15(2)26(14)21-24-23-20(29-21)25-12-6-7-16(13-25)19(27)22-17-8-4-5-9-18(17)28-3/h4-5,8-11,16H,6-7,12-13H2,1-3H3,(H,22,27). The third kappa shape index (κ3) is 3.98. The smallest absolute Gasteiger partial charge is 0.229 e. The first-order valence-electron chi connectivity index (χ1n) is 9.74. The van der Waals surface area contributed by atoms with Crippen LogP contribution in [0.15, 0.2) is 36.4 Å². The molecule has 0 spiro atoms. The number of aromatic nitrogens is 3. The van der Waals surface area contributed by atoms with E-state index < -0.39 is 0 Å². The minimum atomic E-state index is -0.101. The fraction of sp³-hybridized carbons (Fsp3) is 0.381. The van der Waals surface area contributed by atoms with Gasteiger partial charge in [0.1, 0.15) is 5.75 Å². The van der Waals surface area contributed by atoms with E-state index in [9.17, 15) is 4.79 Å². The Bertz CT molecular complexity index is 993. The van der Waals surface area contributed by atoms with Gasteiger partial charge in [0, 0.05) is 24.5 Å². The minimum Gasteiger partial charge on any atom is -0.495 e. The van der Waals surface area contributed by atoms with Crippen molar-refractivity contribution in [1.82, 2.24) is 14.8 Å². The Balaban J connectivity index is 1.47. The molecule has 0 saturated carbocycles. The highest BCUT2D eigenvalue weighted by molar-refractivity contribution is 7.17. The van der Waals surface area contributed by atoms with Gasteiger partial charge in [0.25, 0.3) is 0 Å². The molecular weight excluding hydrogens is 386 g/mol. The molecule has 7 nitrogen and oxygen atoms in total. The van der Waals surface area contributed by atoms with Gasteiger partial charge in [0.2, 0.25) is 16.2 Å². The Morgan fingerprint density at radius 1 is 1.14 bits per heavy atom. The molecule has 1 aliphatic heterocycles. The molecule has 3 heterocycles. The number of para-hydroxylation sites is 2. The zero-order valence-electron chi connectivity index (χ0n) is 16.9. The van der Waals surface area contributed by atoms with Crippen LogP contribution in [0.1, 0.15) is 24.2 Å². The average Bonchev–Trinajstić information content (AvgIpc) is 3.34.